The number of fused-ring (bicyclic) bond motifs is 10. The van der Waals surface area contributed by atoms with Crippen LogP contribution in [0.15, 0.2) is 177 Å². The van der Waals surface area contributed by atoms with E-state index < -0.39 is 11.5 Å². The molecule has 10 rings (SSSR count). The Morgan fingerprint density at radius 3 is 1.64 bits per heavy atom. The van der Waals surface area contributed by atoms with E-state index in [1.165, 1.54) is 80.3 Å². The molecule has 7 aromatic rings. The Morgan fingerprint density at radius 1 is 0.480 bits per heavy atom. The summed E-state index contributed by atoms with van der Waals surface area (Å²) in [5.41, 5.74) is 11.0. The van der Waals surface area contributed by atoms with Gasteiger partial charge in [-0.3, -0.25) is 0 Å². The molecule has 3 aliphatic heterocycles. The molecule has 5 heteroatoms. The Kier molecular flexibility index (Phi) is 6.93. The zero-order valence-corrected chi connectivity index (χ0v) is 31.0. The minimum Gasteiger partial charge on any atom is -0.310 e. The third-order valence-corrected chi connectivity index (χ3v) is 18.0. The zero-order chi connectivity index (χ0) is 33.6. The molecule has 50 heavy (non-hydrogen) atoms. The molecule has 3 heterocycles. The number of aryl methyl sites for hydroxylation is 2. The summed E-state index contributed by atoms with van der Waals surface area (Å²) in [7, 11) is 0. The molecule has 1 nitrogen and oxygen atoms in total. The number of benzene rings is 7. The maximum atomic E-state index is 6.82. The van der Waals surface area contributed by atoms with Crippen molar-refractivity contribution < 1.29 is 0 Å². The number of hydrogen-bond donors (Lipinski definition) is 0. The van der Waals surface area contributed by atoms with E-state index in [-0.39, 0.29) is 0 Å². The van der Waals surface area contributed by atoms with Crippen LogP contribution in [0.25, 0.3) is 0 Å². The summed E-state index contributed by atoms with van der Waals surface area (Å²) in [4.78, 5) is 7.66. The van der Waals surface area contributed by atoms with Crippen molar-refractivity contribution in [2.45, 2.75) is 38.8 Å². The van der Waals surface area contributed by atoms with Crippen molar-refractivity contribution >= 4 is 74.3 Å². The molecule has 0 saturated carbocycles. The fourth-order valence-electron chi connectivity index (χ4n) is 8.37. The predicted molar refractivity (Wildman–Crippen MR) is 217 cm³/mol. The summed E-state index contributed by atoms with van der Waals surface area (Å²) in [6.45, 7) is 4.45. The zero-order valence-electron chi connectivity index (χ0n) is 27.6. The van der Waals surface area contributed by atoms with Crippen LogP contribution in [0, 0.1) is 13.8 Å². The molecule has 0 aliphatic carbocycles. The first-order valence-electron chi connectivity index (χ1n) is 16.9. The fraction of sp³-hybridized carbons (Fsp3) is 0.0667. The first-order valence-corrected chi connectivity index (χ1v) is 21.4. The Hall–Kier alpha value is -4.31. The van der Waals surface area contributed by atoms with Gasteiger partial charge >= 0.3 is 0 Å². The second-order valence-electron chi connectivity index (χ2n) is 13.4. The van der Waals surface area contributed by atoms with Crippen LogP contribution in [-0.2, 0) is 17.2 Å². The molecule has 3 aliphatic rings. The van der Waals surface area contributed by atoms with E-state index in [1.54, 1.807) is 0 Å². The van der Waals surface area contributed by atoms with Gasteiger partial charge in [-0.05, 0) is 89.9 Å². The largest absolute Gasteiger partial charge is 0.310 e. The maximum absolute atomic E-state index is 6.82. The van der Waals surface area contributed by atoms with Crippen LogP contribution in [0.4, 0.5) is 17.1 Å². The summed E-state index contributed by atoms with van der Waals surface area (Å²) in [6.07, 6.45) is 0. The number of hydrogen-bond acceptors (Lipinski definition) is 4. The SMILES string of the molecule is Cc1ccc2c(c1)C1(c3ccccc3Sc3ccccc31)c1cc(C)ccc1N2c1ccc2c(c1)Sc1ccccc1P2(=S)c1ccccc1. The quantitative estimate of drug-likeness (QED) is 0.164. The Balaban J connectivity index is 1.26. The topological polar surface area (TPSA) is 3.24 Å². The molecule has 0 saturated heterocycles. The van der Waals surface area contributed by atoms with Crippen LogP contribution >= 0.6 is 29.6 Å². The van der Waals surface area contributed by atoms with Gasteiger partial charge in [0.2, 0.25) is 0 Å². The third-order valence-electron chi connectivity index (χ3n) is 10.5. The Morgan fingerprint density at radius 2 is 1.00 bits per heavy atom. The highest BCUT2D eigenvalue weighted by Gasteiger charge is 2.50. The van der Waals surface area contributed by atoms with Gasteiger partial charge in [-0.15, -0.1) is 0 Å². The molecular formula is C45H32NPS3. The van der Waals surface area contributed by atoms with Crippen molar-refractivity contribution in [2.24, 2.45) is 0 Å². The van der Waals surface area contributed by atoms with Crippen LogP contribution in [-0.4, -0.2) is 0 Å². The molecule has 0 amide bonds. The van der Waals surface area contributed by atoms with E-state index in [0.29, 0.717) is 0 Å². The average Bonchev–Trinajstić information content (AvgIpc) is 3.15. The van der Waals surface area contributed by atoms with Crippen molar-refractivity contribution in [1.82, 2.24) is 0 Å². The summed E-state index contributed by atoms with van der Waals surface area (Å²) in [6, 6.07) is 56.6. The average molecular weight is 714 g/mol. The number of nitrogens with zero attached hydrogens (tertiary/aromatic N) is 1. The van der Waals surface area contributed by atoms with Gasteiger partial charge in [-0.25, -0.2) is 0 Å². The predicted octanol–water partition coefficient (Wildman–Crippen LogP) is 11.2. The molecule has 0 fully saturated rings. The standard InChI is InChI=1S/C45H32NPS3/c1-29-20-23-37-35(26-29)45(33-14-6-9-17-41(33)49-42-18-10-7-15-34(42)45)36-27-30(2)21-24-38(36)46(37)31-22-25-40-44(28-31)50-43-19-11-8-16-39(43)47(40,48)32-12-4-3-5-13-32/h3-28H,1-2H3. The molecular weight excluding hydrogens is 682 g/mol. The molecule has 1 atom stereocenters. The van der Waals surface area contributed by atoms with Crippen molar-refractivity contribution in [3.63, 3.8) is 0 Å². The molecule has 240 valence electrons. The van der Waals surface area contributed by atoms with Gasteiger partial charge in [0.05, 0.1) is 16.8 Å². The van der Waals surface area contributed by atoms with Crippen LogP contribution in [0.1, 0.15) is 33.4 Å². The van der Waals surface area contributed by atoms with Crippen LogP contribution in [0.3, 0.4) is 0 Å². The van der Waals surface area contributed by atoms with E-state index in [4.69, 9.17) is 11.8 Å². The molecule has 0 radical (unpaired) electrons. The van der Waals surface area contributed by atoms with Gasteiger partial charge in [-0.2, -0.15) is 0 Å². The van der Waals surface area contributed by atoms with Gasteiger partial charge in [0.25, 0.3) is 0 Å². The van der Waals surface area contributed by atoms with Crippen LogP contribution < -0.4 is 20.8 Å². The van der Waals surface area contributed by atoms with Crippen LogP contribution in [0.5, 0.6) is 0 Å². The third kappa shape index (κ3) is 4.20. The molecule has 7 aromatic carbocycles. The fourth-order valence-corrected chi connectivity index (χ4v) is 16.0. The normalized spacial score (nSPS) is 17.5. The van der Waals surface area contributed by atoms with E-state index in [0.717, 1.165) is 5.69 Å². The molecule has 0 N–H and O–H groups in total. The van der Waals surface area contributed by atoms with E-state index in [2.05, 4.69) is 176 Å². The molecule has 1 spiro atoms. The van der Waals surface area contributed by atoms with E-state index in [1.807, 2.05) is 23.5 Å². The number of anilines is 3. The van der Waals surface area contributed by atoms with Crippen molar-refractivity contribution in [3.8, 4) is 0 Å². The molecule has 1 unspecified atom stereocenters. The second-order valence-corrected chi connectivity index (χ2v) is 19.9. The first-order chi connectivity index (χ1) is 24.5. The van der Waals surface area contributed by atoms with Gasteiger partial charge < -0.3 is 4.90 Å². The lowest BCUT2D eigenvalue weighted by Crippen LogP contribution is -2.40. The highest BCUT2D eigenvalue weighted by molar-refractivity contribution is 8.26. The molecule has 0 bridgehead atoms. The van der Waals surface area contributed by atoms with Gasteiger partial charge in [0.1, 0.15) is 0 Å². The van der Waals surface area contributed by atoms with E-state index >= 15 is 0 Å². The van der Waals surface area contributed by atoms with Crippen molar-refractivity contribution in [1.29, 1.82) is 0 Å². The van der Waals surface area contributed by atoms with Crippen molar-refractivity contribution in [3.05, 3.63) is 191 Å². The minimum absolute atomic E-state index is 0.464. The second kappa shape index (κ2) is 11.4. The minimum atomic E-state index is -2.26. The van der Waals surface area contributed by atoms with E-state index in [9.17, 15) is 0 Å². The summed E-state index contributed by atoms with van der Waals surface area (Å²) < 4.78 is 0. The summed E-state index contributed by atoms with van der Waals surface area (Å²) in [5.74, 6) is 0. The monoisotopic (exact) mass is 713 g/mol. The van der Waals surface area contributed by atoms with Gasteiger partial charge in [0, 0.05) is 41.9 Å². The Bertz CT molecular complexity index is 2470. The lowest BCUT2D eigenvalue weighted by Gasteiger charge is -2.49. The summed E-state index contributed by atoms with van der Waals surface area (Å²) in [5, 5.41) is 3.81. The smallest absolute Gasteiger partial charge is 0.0764 e. The Labute approximate surface area is 307 Å². The van der Waals surface area contributed by atoms with Crippen LogP contribution in [0.2, 0.25) is 0 Å². The van der Waals surface area contributed by atoms with Gasteiger partial charge in [0.15, 0.2) is 0 Å². The highest BCUT2D eigenvalue weighted by Crippen LogP contribution is 2.63. The summed E-state index contributed by atoms with van der Waals surface area (Å²) >= 11 is 10.6. The maximum Gasteiger partial charge on any atom is 0.0764 e. The lowest BCUT2D eigenvalue weighted by atomic mass is 9.61. The number of rotatable bonds is 2. The van der Waals surface area contributed by atoms with Crippen molar-refractivity contribution in [2.75, 3.05) is 4.90 Å². The first kappa shape index (κ1) is 30.5. The molecule has 0 aromatic heterocycles. The lowest BCUT2D eigenvalue weighted by molar-refractivity contribution is 0.690. The highest BCUT2D eigenvalue weighted by atomic mass is 32.4. The van der Waals surface area contributed by atoms with Gasteiger partial charge in [-0.1, -0.05) is 156 Å².